The summed E-state index contributed by atoms with van der Waals surface area (Å²) in [6, 6.07) is 5.58. The van der Waals surface area contributed by atoms with Crippen LogP contribution in [0, 0.1) is 5.92 Å². The average Bonchev–Trinajstić information content (AvgIpc) is 3.07. The van der Waals surface area contributed by atoms with Crippen LogP contribution in [0.4, 0.5) is 0 Å². The van der Waals surface area contributed by atoms with Crippen LogP contribution >= 0.6 is 11.8 Å². The Balaban J connectivity index is 2.00. The summed E-state index contributed by atoms with van der Waals surface area (Å²) in [4.78, 5) is 0. The summed E-state index contributed by atoms with van der Waals surface area (Å²) in [5.41, 5.74) is 7.19. The molecular formula is C16H23N3O3S. The minimum Gasteiger partial charge on any atom is -0.493 e. The zero-order chi connectivity index (χ0) is 16.8. The summed E-state index contributed by atoms with van der Waals surface area (Å²) in [5, 5.41) is 8.63. The zero-order valence-electron chi connectivity index (χ0n) is 13.9. The van der Waals surface area contributed by atoms with Crippen molar-refractivity contribution in [3.63, 3.8) is 0 Å². The predicted molar refractivity (Wildman–Crippen MR) is 89.8 cm³/mol. The van der Waals surface area contributed by atoms with Gasteiger partial charge in [-0.15, -0.1) is 10.2 Å². The van der Waals surface area contributed by atoms with E-state index in [1.807, 2.05) is 18.2 Å². The normalized spacial score (nSPS) is 13.6. The number of nitrogens with two attached hydrogens (primary N) is 1. The van der Waals surface area contributed by atoms with E-state index in [-0.39, 0.29) is 6.04 Å². The van der Waals surface area contributed by atoms with E-state index < -0.39 is 0 Å². The Morgan fingerprint density at radius 3 is 2.61 bits per heavy atom. The second-order valence-corrected chi connectivity index (χ2v) is 6.22. The van der Waals surface area contributed by atoms with E-state index >= 15 is 0 Å². The molecule has 0 saturated carbocycles. The molecule has 0 amide bonds. The van der Waals surface area contributed by atoms with Gasteiger partial charge in [-0.2, -0.15) is 0 Å². The summed E-state index contributed by atoms with van der Waals surface area (Å²) < 4.78 is 16.2. The maximum atomic E-state index is 6.10. The highest BCUT2D eigenvalue weighted by Gasteiger charge is 2.20. The van der Waals surface area contributed by atoms with Crippen molar-refractivity contribution < 1.29 is 13.9 Å². The minimum absolute atomic E-state index is 0.220. The molecule has 0 spiro atoms. The number of nitrogens with zero attached hydrogens (tertiary/aromatic N) is 2. The smallest absolute Gasteiger partial charge is 0.276 e. The van der Waals surface area contributed by atoms with Crippen molar-refractivity contribution in [2.45, 2.75) is 37.3 Å². The Morgan fingerprint density at radius 1 is 1.22 bits per heavy atom. The Hall–Kier alpha value is -1.73. The van der Waals surface area contributed by atoms with Crippen LogP contribution in [0.3, 0.4) is 0 Å². The standard InChI is InChI=1S/C16H23N3O3S/c1-5-10(2)14(17)15-18-19-16(22-15)23-9-11-6-7-12(20-3)13(8-11)21-4/h6-8,10,14H,5,9,17H2,1-4H3/t10-,14-/m0/s1. The Morgan fingerprint density at radius 2 is 1.96 bits per heavy atom. The summed E-state index contributed by atoms with van der Waals surface area (Å²) in [7, 11) is 3.24. The van der Waals surface area contributed by atoms with Gasteiger partial charge in [0.15, 0.2) is 11.5 Å². The van der Waals surface area contributed by atoms with Crippen molar-refractivity contribution in [1.82, 2.24) is 10.2 Å². The molecule has 2 aromatic rings. The van der Waals surface area contributed by atoms with Gasteiger partial charge in [-0.3, -0.25) is 0 Å². The molecule has 2 rings (SSSR count). The lowest BCUT2D eigenvalue weighted by Gasteiger charge is -2.13. The molecule has 6 nitrogen and oxygen atoms in total. The van der Waals surface area contributed by atoms with Crippen LogP contribution in [-0.2, 0) is 5.75 Å². The third-order valence-electron chi connectivity index (χ3n) is 3.77. The van der Waals surface area contributed by atoms with Gasteiger partial charge in [-0.1, -0.05) is 38.1 Å². The molecule has 7 heteroatoms. The quantitative estimate of drug-likeness (QED) is 0.739. The van der Waals surface area contributed by atoms with Crippen LogP contribution in [0.5, 0.6) is 11.5 Å². The van der Waals surface area contributed by atoms with Gasteiger partial charge >= 0.3 is 0 Å². The Kier molecular flexibility index (Phi) is 6.29. The first-order chi connectivity index (χ1) is 11.1. The summed E-state index contributed by atoms with van der Waals surface area (Å²) in [6.07, 6.45) is 0.970. The molecule has 0 bridgehead atoms. The molecular weight excluding hydrogens is 314 g/mol. The van der Waals surface area contributed by atoms with Crippen molar-refractivity contribution >= 4 is 11.8 Å². The lowest BCUT2D eigenvalue weighted by Crippen LogP contribution is -2.18. The monoisotopic (exact) mass is 337 g/mol. The third-order valence-corrected chi connectivity index (χ3v) is 4.66. The molecule has 126 valence electrons. The van der Waals surface area contributed by atoms with Gasteiger partial charge in [0.25, 0.3) is 5.22 Å². The first-order valence-corrected chi connectivity index (χ1v) is 8.50. The molecule has 1 heterocycles. The van der Waals surface area contributed by atoms with Gasteiger partial charge in [0.1, 0.15) is 0 Å². The predicted octanol–water partition coefficient (Wildman–Crippen LogP) is 3.43. The van der Waals surface area contributed by atoms with E-state index in [2.05, 4.69) is 24.0 Å². The first kappa shape index (κ1) is 17.6. The molecule has 0 aliphatic heterocycles. The second kappa shape index (κ2) is 8.21. The molecule has 1 aromatic carbocycles. The maximum absolute atomic E-state index is 6.10. The maximum Gasteiger partial charge on any atom is 0.276 e. The first-order valence-electron chi connectivity index (χ1n) is 7.51. The van der Waals surface area contributed by atoms with Crippen LogP contribution in [-0.4, -0.2) is 24.4 Å². The zero-order valence-corrected chi connectivity index (χ0v) is 14.7. The van der Waals surface area contributed by atoms with Gasteiger partial charge < -0.3 is 19.6 Å². The summed E-state index contributed by atoms with van der Waals surface area (Å²) in [5.74, 6) is 2.91. The number of methoxy groups -OCH3 is 2. The number of thioether (sulfide) groups is 1. The van der Waals surface area contributed by atoms with Gasteiger partial charge in [0.2, 0.25) is 5.89 Å². The van der Waals surface area contributed by atoms with Crippen molar-refractivity contribution in [1.29, 1.82) is 0 Å². The van der Waals surface area contributed by atoms with Crippen LogP contribution in [0.25, 0.3) is 0 Å². The minimum atomic E-state index is -0.220. The highest BCUT2D eigenvalue weighted by Crippen LogP contribution is 2.31. The fraction of sp³-hybridized carbons (Fsp3) is 0.500. The van der Waals surface area contributed by atoms with Crippen LogP contribution in [0.1, 0.15) is 37.8 Å². The number of aromatic nitrogens is 2. The van der Waals surface area contributed by atoms with Crippen LogP contribution < -0.4 is 15.2 Å². The summed E-state index contributed by atoms with van der Waals surface area (Å²) >= 11 is 1.47. The fourth-order valence-electron chi connectivity index (χ4n) is 2.03. The Bertz CT molecular complexity index is 633. The molecule has 2 atom stereocenters. The van der Waals surface area contributed by atoms with Gasteiger partial charge in [0, 0.05) is 5.75 Å². The van der Waals surface area contributed by atoms with Crippen LogP contribution in [0.2, 0.25) is 0 Å². The molecule has 0 radical (unpaired) electrons. The number of ether oxygens (including phenoxy) is 2. The molecule has 23 heavy (non-hydrogen) atoms. The molecule has 2 N–H and O–H groups in total. The summed E-state index contributed by atoms with van der Waals surface area (Å²) in [6.45, 7) is 4.17. The van der Waals surface area contributed by atoms with E-state index in [0.717, 1.165) is 12.0 Å². The second-order valence-electron chi connectivity index (χ2n) is 5.30. The largest absolute Gasteiger partial charge is 0.493 e. The van der Waals surface area contributed by atoms with Crippen molar-refractivity contribution in [2.24, 2.45) is 11.7 Å². The van der Waals surface area contributed by atoms with Gasteiger partial charge in [-0.05, 0) is 23.6 Å². The number of benzene rings is 1. The average molecular weight is 337 g/mol. The SMILES string of the molecule is CC[C@H](C)[C@H](N)c1nnc(SCc2ccc(OC)c(OC)c2)o1. The number of hydrogen-bond donors (Lipinski definition) is 1. The van der Waals surface area contributed by atoms with Gasteiger partial charge in [0.05, 0.1) is 20.3 Å². The lowest BCUT2D eigenvalue weighted by molar-refractivity contribution is 0.333. The highest BCUT2D eigenvalue weighted by molar-refractivity contribution is 7.98. The topological polar surface area (TPSA) is 83.4 Å². The number of rotatable bonds is 8. The van der Waals surface area contributed by atoms with Crippen molar-refractivity contribution in [3.8, 4) is 11.5 Å². The lowest BCUT2D eigenvalue weighted by atomic mass is 10.0. The van der Waals surface area contributed by atoms with E-state index in [1.165, 1.54) is 11.8 Å². The molecule has 0 aliphatic rings. The van der Waals surface area contributed by atoms with Crippen LogP contribution in [0.15, 0.2) is 27.8 Å². The molecule has 0 saturated heterocycles. The van der Waals surface area contributed by atoms with E-state index in [1.54, 1.807) is 14.2 Å². The third kappa shape index (κ3) is 4.39. The van der Waals surface area contributed by atoms with E-state index in [4.69, 9.17) is 19.6 Å². The molecule has 0 unspecified atom stereocenters. The molecule has 0 aliphatic carbocycles. The van der Waals surface area contributed by atoms with Crippen molar-refractivity contribution in [3.05, 3.63) is 29.7 Å². The van der Waals surface area contributed by atoms with Gasteiger partial charge in [-0.25, -0.2) is 0 Å². The van der Waals surface area contributed by atoms with E-state index in [0.29, 0.717) is 34.3 Å². The fourth-order valence-corrected chi connectivity index (χ4v) is 2.74. The molecule has 1 aromatic heterocycles. The van der Waals surface area contributed by atoms with E-state index in [9.17, 15) is 0 Å². The molecule has 0 fully saturated rings. The number of hydrogen-bond acceptors (Lipinski definition) is 7. The highest BCUT2D eigenvalue weighted by atomic mass is 32.2. The van der Waals surface area contributed by atoms with Crippen molar-refractivity contribution in [2.75, 3.05) is 14.2 Å². The Labute approximate surface area is 140 Å².